The van der Waals surface area contributed by atoms with E-state index in [1.807, 2.05) is 24.3 Å². The topological polar surface area (TPSA) is 12.0 Å². The van der Waals surface area contributed by atoms with Crippen molar-refractivity contribution in [1.29, 1.82) is 0 Å². The third-order valence-corrected chi connectivity index (χ3v) is 3.21. The fraction of sp³-hybridized carbons (Fsp3) is 0.200. The van der Waals surface area contributed by atoms with Crippen molar-refractivity contribution in [2.75, 3.05) is 5.32 Å². The number of anilines is 1. The Hall–Kier alpha value is -1.61. The minimum atomic E-state index is -0.685. The Kier molecular flexibility index (Phi) is 4.38. The van der Waals surface area contributed by atoms with Crippen molar-refractivity contribution in [2.24, 2.45) is 0 Å². The molecule has 100 valence electrons. The largest absolute Gasteiger partial charge is 0.377 e. The van der Waals surface area contributed by atoms with E-state index in [0.717, 1.165) is 24.1 Å². The molecule has 0 aliphatic rings. The van der Waals surface area contributed by atoms with Crippen LogP contribution in [0.4, 0.5) is 14.5 Å². The van der Waals surface area contributed by atoms with Gasteiger partial charge in [0.25, 0.3) is 0 Å². The highest BCUT2D eigenvalue weighted by Gasteiger charge is 2.09. The van der Waals surface area contributed by atoms with Gasteiger partial charge >= 0.3 is 0 Å². The Labute approximate surface area is 116 Å². The fourth-order valence-electron chi connectivity index (χ4n) is 1.79. The molecule has 0 aliphatic heterocycles. The van der Waals surface area contributed by atoms with Gasteiger partial charge in [0.15, 0.2) is 5.82 Å². The summed E-state index contributed by atoms with van der Waals surface area (Å²) in [7, 11) is 0. The first-order chi connectivity index (χ1) is 9.10. The molecule has 2 aromatic carbocycles. The zero-order valence-electron chi connectivity index (χ0n) is 10.5. The van der Waals surface area contributed by atoms with Gasteiger partial charge in [-0.05, 0) is 23.6 Å². The van der Waals surface area contributed by atoms with Gasteiger partial charge < -0.3 is 5.32 Å². The van der Waals surface area contributed by atoms with Crippen molar-refractivity contribution < 1.29 is 8.78 Å². The second-order valence-corrected chi connectivity index (χ2v) is 4.68. The predicted octanol–water partition coefficient (Wildman–Crippen LogP) is 4.79. The molecule has 1 N–H and O–H groups in total. The summed E-state index contributed by atoms with van der Waals surface area (Å²) in [5.74, 6) is -1.37. The quantitative estimate of drug-likeness (QED) is 0.849. The molecule has 1 nitrogen and oxygen atoms in total. The lowest BCUT2D eigenvalue weighted by atomic mass is 10.1. The highest BCUT2D eigenvalue weighted by molar-refractivity contribution is 6.33. The molecule has 0 aromatic heterocycles. The molecule has 0 saturated carbocycles. The highest BCUT2D eigenvalue weighted by atomic mass is 35.5. The molecule has 0 atom stereocenters. The summed E-state index contributed by atoms with van der Waals surface area (Å²) < 4.78 is 26.4. The summed E-state index contributed by atoms with van der Waals surface area (Å²) in [6, 6.07) is 9.91. The van der Waals surface area contributed by atoms with Crippen LogP contribution in [0.25, 0.3) is 0 Å². The predicted molar refractivity (Wildman–Crippen MR) is 74.5 cm³/mol. The standard InChI is InChI=1S/C15H14ClF2N/c1-2-10-3-5-11(6-4-10)9-19-15-13(16)7-12(17)8-14(15)18/h3-8,19H,2,9H2,1H3. The zero-order valence-corrected chi connectivity index (χ0v) is 11.3. The smallest absolute Gasteiger partial charge is 0.150 e. The minimum absolute atomic E-state index is 0.0441. The second-order valence-electron chi connectivity index (χ2n) is 4.27. The SMILES string of the molecule is CCc1ccc(CNc2c(F)cc(F)cc2Cl)cc1. The van der Waals surface area contributed by atoms with Crippen molar-refractivity contribution in [3.8, 4) is 0 Å². The molecule has 0 unspecified atom stereocenters. The lowest BCUT2D eigenvalue weighted by Crippen LogP contribution is -2.02. The number of rotatable bonds is 4. The lowest BCUT2D eigenvalue weighted by molar-refractivity contribution is 0.585. The number of halogens is 3. The average Bonchev–Trinajstić information content (AvgIpc) is 2.38. The first kappa shape index (κ1) is 13.8. The Morgan fingerprint density at radius 3 is 2.26 bits per heavy atom. The molecule has 0 bridgehead atoms. The van der Waals surface area contributed by atoms with Crippen LogP contribution in [0.2, 0.25) is 5.02 Å². The van der Waals surface area contributed by atoms with Gasteiger partial charge in [0.2, 0.25) is 0 Å². The molecule has 0 heterocycles. The van der Waals surface area contributed by atoms with E-state index in [-0.39, 0.29) is 10.7 Å². The number of aryl methyl sites for hydroxylation is 1. The summed E-state index contributed by atoms with van der Waals surface area (Å²) in [5, 5.41) is 2.93. The van der Waals surface area contributed by atoms with E-state index in [0.29, 0.717) is 6.54 Å². The highest BCUT2D eigenvalue weighted by Crippen LogP contribution is 2.26. The van der Waals surface area contributed by atoms with Crippen LogP contribution in [0, 0.1) is 11.6 Å². The van der Waals surface area contributed by atoms with Gasteiger partial charge in [0, 0.05) is 12.6 Å². The van der Waals surface area contributed by atoms with Crippen molar-refractivity contribution >= 4 is 17.3 Å². The third kappa shape index (κ3) is 3.44. The van der Waals surface area contributed by atoms with Gasteiger partial charge in [-0.15, -0.1) is 0 Å². The Balaban J connectivity index is 2.10. The molecule has 0 aliphatic carbocycles. The molecular weight excluding hydrogens is 268 g/mol. The van der Waals surface area contributed by atoms with E-state index in [2.05, 4.69) is 12.2 Å². The molecule has 0 fully saturated rings. The summed E-state index contributed by atoms with van der Waals surface area (Å²) >= 11 is 5.81. The monoisotopic (exact) mass is 281 g/mol. The fourth-order valence-corrected chi connectivity index (χ4v) is 2.06. The molecule has 2 aromatic rings. The van der Waals surface area contributed by atoms with Gasteiger partial charge in [0.05, 0.1) is 10.7 Å². The van der Waals surface area contributed by atoms with Crippen LogP contribution in [-0.2, 0) is 13.0 Å². The number of benzene rings is 2. The first-order valence-electron chi connectivity index (χ1n) is 6.06. The van der Waals surface area contributed by atoms with Crippen LogP contribution >= 0.6 is 11.6 Å². The van der Waals surface area contributed by atoms with Crippen LogP contribution in [-0.4, -0.2) is 0 Å². The first-order valence-corrected chi connectivity index (χ1v) is 6.44. The van der Waals surface area contributed by atoms with Gasteiger partial charge in [-0.3, -0.25) is 0 Å². The van der Waals surface area contributed by atoms with E-state index in [4.69, 9.17) is 11.6 Å². The summed E-state index contributed by atoms with van der Waals surface area (Å²) in [6.07, 6.45) is 0.978. The molecular formula is C15H14ClF2N. The van der Waals surface area contributed by atoms with Gasteiger partial charge in [-0.25, -0.2) is 8.78 Å². The zero-order chi connectivity index (χ0) is 13.8. The molecule has 0 radical (unpaired) electrons. The Morgan fingerprint density at radius 1 is 1.05 bits per heavy atom. The van der Waals surface area contributed by atoms with Crippen LogP contribution in [0.3, 0.4) is 0 Å². The molecule has 0 amide bonds. The average molecular weight is 282 g/mol. The molecule has 0 spiro atoms. The number of nitrogens with one attached hydrogen (secondary N) is 1. The van der Waals surface area contributed by atoms with Crippen molar-refractivity contribution in [3.05, 3.63) is 64.2 Å². The number of hydrogen-bond donors (Lipinski definition) is 1. The Morgan fingerprint density at radius 2 is 1.68 bits per heavy atom. The van der Waals surface area contributed by atoms with Crippen LogP contribution < -0.4 is 5.32 Å². The minimum Gasteiger partial charge on any atom is -0.377 e. The number of hydrogen-bond acceptors (Lipinski definition) is 1. The molecule has 4 heteroatoms. The lowest BCUT2D eigenvalue weighted by Gasteiger charge is -2.10. The van der Waals surface area contributed by atoms with Gasteiger partial charge in [0.1, 0.15) is 5.82 Å². The summed E-state index contributed by atoms with van der Waals surface area (Å²) in [6.45, 7) is 2.52. The van der Waals surface area contributed by atoms with Crippen LogP contribution in [0.5, 0.6) is 0 Å². The summed E-state index contributed by atoms with van der Waals surface area (Å²) in [4.78, 5) is 0. The van der Waals surface area contributed by atoms with E-state index in [9.17, 15) is 8.78 Å². The Bertz CT molecular complexity index is 544. The molecule has 19 heavy (non-hydrogen) atoms. The maximum absolute atomic E-state index is 13.5. The van der Waals surface area contributed by atoms with Crippen molar-refractivity contribution in [2.45, 2.75) is 19.9 Å². The van der Waals surface area contributed by atoms with Gasteiger partial charge in [-0.1, -0.05) is 42.8 Å². The van der Waals surface area contributed by atoms with Crippen LogP contribution in [0.15, 0.2) is 36.4 Å². The maximum atomic E-state index is 13.5. The maximum Gasteiger partial charge on any atom is 0.150 e. The van der Waals surface area contributed by atoms with E-state index in [1.165, 1.54) is 5.56 Å². The third-order valence-electron chi connectivity index (χ3n) is 2.91. The van der Waals surface area contributed by atoms with Crippen molar-refractivity contribution in [3.63, 3.8) is 0 Å². The van der Waals surface area contributed by atoms with E-state index < -0.39 is 11.6 Å². The van der Waals surface area contributed by atoms with Gasteiger partial charge in [-0.2, -0.15) is 0 Å². The molecule has 2 rings (SSSR count). The van der Waals surface area contributed by atoms with Crippen molar-refractivity contribution in [1.82, 2.24) is 0 Å². The second kappa shape index (κ2) is 6.02. The van der Waals surface area contributed by atoms with Crippen LogP contribution in [0.1, 0.15) is 18.1 Å². The molecule has 0 saturated heterocycles. The summed E-state index contributed by atoms with van der Waals surface area (Å²) in [5.41, 5.74) is 2.38. The van der Waals surface area contributed by atoms with E-state index in [1.54, 1.807) is 0 Å². The van der Waals surface area contributed by atoms with E-state index >= 15 is 0 Å². The normalized spacial score (nSPS) is 10.5.